The molecule has 1 aromatic heterocycles. The molecule has 3 amide bonds. The molecule has 132 valence electrons. The number of anilines is 1. The van der Waals surface area contributed by atoms with Gasteiger partial charge >= 0.3 is 6.03 Å². The summed E-state index contributed by atoms with van der Waals surface area (Å²) < 4.78 is 0. The predicted molar refractivity (Wildman–Crippen MR) is 100 cm³/mol. The first-order chi connectivity index (χ1) is 11.8. The average molecular weight is 358 g/mol. The van der Waals surface area contributed by atoms with Gasteiger partial charge in [-0.1, -0.05) is 29.5 Å². The van der Waals surface area contributed by atoms with Crippen molar-refractivity contribution in [1.82, 2.24) is 15.3 Å². The first-order valence-corrected chi connectivity index (χ1v) is 8.87. The number of hydrogen-bond donors (Lipinski definition) is 2. The van der Waals surface area contributed by atoms with Crippen molar-refractivity contribution in [2.24, 2.45) is 0 Å². The Bertz CT molecular complexity index is 798. The molecule has 0 saturated carbocycles. The molecule has 1 heterocycles. The highest BCUT2D eigenvalue weighted by Crippen LogP contribution is 2.17. The van der Waals surface area contributed by atoms with Crippen LogP contribution in [-0.4, -0.2) is 27.7 Å². The molecule has 25 heavy (non-hydrogen) atoms. The van der Waals surface area contributed by atoms with Crippen LogP contribution in [0.1, 0.15) is 28.1 Å². The summed E-state index contributed by atoms with van der Waals surface area (Å²) in [6, 6.07) is 5.14. The van der Waals surface area contributed by atoms with Crippen molar-refractivity contribution in [3.8, 4) is 0 Å². The lowest BCUT2D eigenvalue weighted by molar-refractivity contribution is -0.117. The number of hydrogen-bond acceptors (Lipinski definition) is 5. The van der Waals surface area contributed by atoms with Crippen LogP contribution in [0, 0.1) is 34.6 Å². The minimum absolute atomic E-state index is 0.0717. The van der Waals surface area contributed by atoms with Crippen LogP contribution in [0.15, 0.2) is 23.4 Å². The molecule has 0 aliphatic rings. The van der Waals surface area contributed by atoms with E-state index in [1.165, 1.54) is 11.8 Å². The number of aryl methyl sites for hydroxylation is 4. The molecule has 0 spiro atoms. The van der Waals surface area contributed by atoms with Gasteiger partial charge in [0.2, 0.25) is 5.91 Å². The Hall–Kier alpha value is -2.41. The topological polar surface area (TPSA) is 84.0 Å². The van der Waals surface area contributed by atoms with Crippen molar-refractivity contribution >= 4 is 29.4 Å². The van der Waals surface area contributed by atoms with Gasteiger partial charge in [-0.25, -0.2) is 14.8 Å². The van der Waals surface area contributed by atoms with Crippen LogP contribution in [0.4, 0.5) is 10.5 Å². The maximum Gasteiger partial charge on any atom is 0.325 e. The van der Waals surface area contributed by atoms with Gasteiger partial charge in [-0.3, -0.25) is 10.1 Å². The molecular formula is C18H22N4O2S. The van der Waals surface area contributed by atoms with Gasteiger partial charge < -0.3 is 5.32 Å². The maximum atomic E-state index is 11.9. The number of rotatable bonds is 4. The van der Waals surface area contributed by atoms with Crippen LogP contribution < -0.4 is 10.6 Å². The Kier molecular flexibility index (Phi) is 6.14. The number of carbonyl (C=O) groups is 2. The Morgan fingerprint density at radius 3 is 2.28 bits per heavy atom. The Labute approximate surface area is 151 Å². The minimum atomic E-state index is -0.547. The monoisotopic (exact) mass is 358 g/mol. The molecule has 0 unspecified atom stereocenters. The first-order valence-electron chi connectivity index (χ1n) is 7.89. The molecule has 2 N–H and O–H groups in total. The fraction of sp³-hybridized carbons (Fsp3) is 0.333. The molecule has 0 saturated heterocycles. The molecule has 6 nitrogen and oxygen atoms in total. The van der Waals surface area contributed by atoms with Gasteiger partial charge in [0.05, 0.1) is 5.75 Å². The van der Waals surface area contributed by atoms with Gasteiger partial charge in [-0.15, -0.1) is 0 Å². The largest absolute Gasteiger partial charge is 0.325 e. The van der Waals surface area contributed by atoms with E-state index in [1.54, 1.807) is 0 Å². The SMILES string of the molecule is Cc1ccc(NC(=O)NC(=O)CSc2nc(C)c(C)c(C)n2)c(C)c1. The van der Waals surface area contributed by atoms with Gasteiger partial charge in [0.1, 0.15) is 0 Å². The van der Waals surface area contributed by atoms with E-state index < -0.39 is 11.9 Å². The van der Waals surface area contributed by atoms with E-state index in [1.807, 2.05) is 52.8 Å². The van der Waals surface area contributed by atoms with Crippen molar-refractivity contribution in [2.75, 3.05) is 11.1 Å². The molecule has 0 aliphatic carbocycles. The van der Waals surface area contributed by atoms with E-state index in [4.69, 9.17) is 0 Å². The third-order valence-corrected chi connectivity index (χ3v) is 4.67. The molecule has 0 atom stereocenters. The Balaban J connectivity index is 1.88. The number of nitrogens with one attached hydrogen (secondary N) is 2. The third-order valence-electron chi connectivity index (χ3n) is 3.83. The number of aromatic nitrogens is 2. The van der Waals surface area contributed by atoms with Crippen molar-refractivity contribution in [3.63, 3.8) is 0 Å². The smallest absolute Gasteiger partial charge is 0.307 e. The van der Waals surface area contributed by atoms with Gasteiger partial charge in [-0.05, 0) is 51.8 Å². The third kappa shape index (κ3) is 5.29. The Morgan fingerprint density at radius 1 is 1.04 bits per heavy atom. The number of amides is 3. The summed E-state index contributed by atoms with van der Waals surface area (Å²) in [7, 11) is 0. The van der Waals surface area contributed by atoms with Crippen LogP contribution in [0.25, 0.3) is 0 Å². The summed E-state index contributed by atoms with van der Waals surface area (Å²) in [6.45, 7) is 9.66. The van der Waals surface area contributed by atoms with E-state index >= 15 is 0 Å². The second-order valence-electron chi connectivity index (χ2n) is 5.91. The average Bonchev–Trinajstić information content (AvgIpc) is 2.53. The van der Waals surface area contributed by atoms with E-state index in [0.29, 0.717) is 10.8 Å². The highest BCUT2D eigenvalue weighted by Gasteiger charge is 2.12. The maximum absolute atomic E-state index is 11.9. The van der Waals surface area contributed by atoms with E-state index in [0.717, 1.165) is 28.1 Å². The number of carbonyl (C=O) groups excluding carboxylic acids is 2. The highest BCUT2D eigenvalue weighted by atomic mass is 32.2. The van der Waals surface area contributed by atoms with E-state index in [2.05, 4.69) is 20.6 Å². The number of imide groups is 1. The van der Waals surface area contributed by atoms with Crippen LogP contribution in [-0.2, 0) is 4.79 Å². The van der Waals surface area contributed by atoms with E-state index in [-0.39, 0.29) is 5.75 Å². The van der Waals surface area contributed by atoms with Crippen molar-refractivity contribution < 1.29 is 9.59 Å². The first kappa shape index (κ1) is 18.9. The summed E-state index contributed by atoms with van der Waals surface area (Å²) in [5.41, 5.74) is 5.56. The van der Waals surface area contributed by atoms with E-state index in [9.17, 15) is 9.59 Å². The summed E-state index contributed by atoms with van der Waals surface area (Å²) >= 11 is 1.20. The van der Waals surface area contributed by atoms with Crippen LogP contribution in [0.3, 0.4) is 0 Å². The van der Waals surface area contributed by atoms with Gasteiger partial charge in [0.25, 0.3) is 0 Å². The molecule has 7 heteroatoms. The number of urea groups is 1. The van der Waals surface area contributed by atoms with Crippen molar-refractivity contribution in [1.29, 1.82) is 0 Å². The lowest BCUT2D eigenvalue weighted by Crippen LogP contribution is -2.35. The molecule has 2 rings (SSSR count). The number of nitrogens with zero attached hydrogens (tertiary/aromatic N) is 2. The molecule has 0 radical (unpaired) electrons. The van der Waals surface area contributed by atoms with Crippen LogP contribution >= 0.6 is 11.8 Å². The standard InChI is InChI=1S/C18H22N4O2S/c1-10-6-7-15(11(2)8-10)21-17(24)22-16(23)9-25-18-19-13(4)12(3)14(5)20-18/h6-8H,9H2,1-5H3,(H2,21,22,23,24). The summed E-state index contributed by atoms with van der Waals surface area (Å²) in [5.74, 6) is -0.325. The molecular weight excluding hydrogens is 336 g/mol. The lowest BCUT2D eigenvalue weighted by Gasteiger charge is -2.10. The minimum Gasteiger partial charge on any atom is -0.307 e. The zero-order valence-corrected chi connectivity index (χ0v) is 15.9. The van der Waals surface area contributed by atoms with Crippen LogP contribution in [0.2, 0.25) is 0 Å². The highest BCUT2D eigenvalue weighted by molar-refractivity contribution is 7.99. The van der Waals surface area contributed by atoms with Gasteiger partial charge in [-0.2, -0.15) is 0 Å². The molecule has 0 fully saturated rings. The Morgan fingerprint density at radius 2 is 1.68 bits per heavy atom. The zero-order valence-electron chi connectivity index (χ0n) is 15.1. The predicted octanol–water partition coefficient (Wildman–Crippen LogP) is 3.46. The number of thioether (sulfide) groups is 1. The van der Waals surface area contributed by atoms with Gasteiger partial charge in [0, 0.05) is 17.1 Å². The molecule has 0 aliphatic heterocycles. The van der Waals surface area contributed by atoms with Crippen LogP contribution in [0.5, 0.6) is 0 Å². The second kappa shape index (κ2) is 8.11. The van der Waals surface area contributed by atoms with Crippen molar-refractivity contribution in [3.05, 3.63) is 46.3 Å². The molecule has 0 bridgehead atoms. The zero-order chi connectivity index (χ0) is 18.6. The summed E-state index contributed by atoms with van der Waals surface area (Å²) in [4.78, 5) is 32.6. The number of benzene rings is 1. The van der Waals surface area contributed by atoms with Crippen molar-refractivity contribution in [2.45, 2.75) is 39.8 Å². The molecule has 1 aromatic carbocycles. The summed E-state index contributed by atoms with van der Waals surface area (Å²) in [6.07, 6.45) is 0. The second-order valence-corrected chi connectivity index (χ2v) is 6.85. The van der Waals surface area contributed by atoms with Gasteiger partial charge in [0.15, 0.2) is 5.16 Å². The molecule has 2 aromatic rings. The quantitative estimate of drug-likeness (QED) is 0.646. The fourth-order valence-electron chi connectivity index (χ4n) is 2.21. The summed E-state index contributed by atoms with van der Waals surface area (Å²) in [5, 5.41) is 5.53. The lowest BCUT2D eigenvalue weighted by atomic mass is 10.1. The fourth-order valence-corrected chi connectivity index (χ4v) is 2.94. The normalized spacial score (nSPS) is 10.4.